The number of carbonyl (C=O) groups excluding carboxylic acids is 3. The second kappa shape index (κ2) is 70.3. The molecule has 6 nitrogen and oxygen atoms in total. The topological polar surface area (TPSA) is 78.9 Å². The molecular formula is C77H130O6. The molecule has 83 heavy (non-hydrogen) atoms. The molecule has 0 saturated carbocycles. The summed E-state index contributed by atoms with van der Waals surface area (Å²) in [6.07, 6.45) is 97.8. The molecule has 0 aromatic heterocycles. The summed E-state index contributed by atoms with van der Waals surface area (Å²) in [6, 6.07) is 0. The van der Waals surface area contributed by atoms with Crippen LogP contribution < -0.4 is 0 Å². The quantitative estimate of drug-likeness (QED) is 0.0261. The van der Waals surface area contributed by atoms with Crippen molar-refractivity contribution in [2.45, 2.75) is 335 Å². The Balaban J connectivity index is 4.41. The molecule has 0 aromatic carbocycles. The van der Waals surface area contributed by atoms with Crippen LogP contribution in [0.15, 0.2) is 122 Å². The van der Waals surface area contributed by atoms with Gasteiger partial charge in [0.15, 0.2) is 6.10 Å². The van der Waals surface area contributed by atoms with Gasteiger partial charge in [-0.25, -0.2) is 0 Å². The minimum Gasteiger partial charge on any atom is -0.462 e. The third kappa shape index (κ3) is 68.5. The summed E-state index contributed by atoms with van der Waals surface area (Å²) in [5, 5.41) is 0. The van der Waals surface area contributed by atoms with E-state index >= 15 is 0 Å². The molecule has 474 valence electrons. The van der Waals surface area contributed by atoms with Gasteiger partial charge < -0.3 is 14.2 Å². The van der Waals surface area contributed by atoms with Gasteiger partial charge in [0.25, 0.3) is 0 Å². The summed E-state index contributed by atoms with van der Waals surface area (Å²) in [5.41, 5.74) is 0. The number of esters is 3. The van der Waals surface area contributed by atoms with Crippen LogP contribution in [0.5, 0.6) is 0 Å². The van der Waals surface area contributed by atoms with E-state index < -0.39 is 6.10 Å². The van der Waals surface area contributed by atoms with Gasteiger partial charge in [0, 0.05) is 19.3 Å². The number of ether oxygens (including phenoxy) is 3. The fourth-order valence-electron chi connectivity index (χ4n) is 9.75. The van der Waals surface area contributed by atoms with Gasteiger partial charge in [0.1, 0.15) is 13.2 Å². The van der Waals surface area contributed by atoms with E-state index in [0.717, 1.165) is 128 Å². The van der Waals surface area contributed by atoms with Crippen molar-refractivity contribution in [1.29, 1.82) is 0 Å². The highest BCUT2D eigenvalue weighted by Gasteiger charge is 2.19. The minimum absolute atomic E-state index is 0.0849. The Morgan fingerprint density at radius 1 is 0.253 bits per heavy atom. The molecule has 0 fully saturated rings. The maximum atomic E-state index is 13.0. The second-order valence-electron chi connectivity index (χ2n) is 23.0. The van der Waals surface area contributed by atoms with Crippen LogP contribution in [0.25, 0.3) is 0 Å². The maximum Gasteiger partial charge on any atom is 0.306 e. The van der Waals surface area contributed by atoms with E-state index in [-0.39, 0.29) is 31.1 Å². The van der Waals surface area contributed by atoms with Crippen molar-refractivity contribution < 1.29 is 28.6 Å². The first-order valence-corrected chi connectivity index (χ1v) is 35.0. The van der Waals surface area contributed by atoms with Gasteiger partial charge in [0.05, 0.1) is 0 Å². The number of carbonyl (C=O) groups is 3. The fraction of sp³-hybridized carbons (Fsp3) is 0.701. The van der Waals surface area contributed by atoms with Gasteiger partial charge in [-0.15, -0.1) is 0 Å². The third-order valence-electron chi connectivity index (χ3n) is 14.9. The molecule has 0 heterocycles. The zero-order valence-electron chi connectivity index (χ0n) is 54.4. The van der Waals surface area contributed by atoms with Gasteiger partial charge in [-0.05, 0) is 128 Å². The van der Waals surface area contributed by atoms with E-state index in [1.54, 1.807) is 0 Å². The molecule has 0 spiro atoms. The number of hydrogen-bond acceptors (Lipinski definition) is 6. The van der Waals surface area contributed by atoms with Gasteiger partial charge in [0.2, 0.25) is 0 Å². The lowest BCUT2D eigenvalue weighted by molar-refractivity contribution is -0.167. The smallest absolute Gasteiger partial charge is 0.306 e. The van der Waals surface area contributed by atoms with Gasteiger partial charge >= 0.3 is 17.9 Å². The van der Waals surface area contributed by atoms with Crippen LogP contribution in [0.1, 0.15) is 329 Å². The van der Waals surface area contributed by atoms with E-state index in [1.807, 2.05) is 0 Å². The summed E-state index contributed by atoms with van der Waals surface area (Å²) in [7, 11) is 0. The predicted octanol–water partition coefficient (Wildman–Crippen LogP) is 24.3. The second-order valence-corrected chi connectivity index (χ2v) is 23.0. The molecule has 0 aliphatic rings. The van der Waals surface area contributed by atoms with Gasteiger partial charge in [-0.3, -0.25) is 14.4 Å². The Hall–Kier alpha value is -4.19. The highest BCUT2D eigenvalue weighted by molar-refractivity contribution is 5.71. The van der Waals surface area contributed by atoms with Crippen LogP contribution in [0.4, 0.5) is 0 Å². The van der Waals surface area contributed by atoms with Crippen LogP contribution in [-0.2, 0) is 28.6 Å². The van der Waals surface area contributed by atoms with Crippen LogP contribution in [0.3, 0.4) is 0 Å². The SMILES string of the molecule is CC/C=C\C/C=C\C/C=C\C/C=C\C/C=C\CCCCCCCCCCCC(=O)OCC(COC(=O)CCCCCCCCCCC/C=C\CCCCCCCC)OC(=O)CCCCCCCCCC/C=C\C/C=C\C/C=C\C/C=C\CC. The molecule has 6 heteroatoms. The molecule has 0 aliphatic carbocycles. The van der Waals surface area contributed by atoms with E-state index in [9.17, 15) is 14.4 Å². The summed E-state index contributed by atoms with van der Waals surface area (Å²) in [5.74, 6) is -0.890. The molecule has 0 N–H and O–H groups in total. The Morgan fingerprint density at radius 2 is 0.470 bits per heavy atom. The Bertz CT molecular complexity index is 1700. The van der Waals surface area contributed by atoms with Crippen molar-refractivity contribution in [1.82, 2.24) is 0 Å². The van der Waals surface area contributed by atoms with Crippen LogP contribution in [-0.4, -0.2) is 37.2 Å². The van der Waals surface area contributed by atoms with Crippen molar-refractivity contribution in [2.75, 3.05) is 13.2 Å². The average molecular weight is 1150 g/mol. The van der Waals surface area contributed by atoms with E-state index in [4.69, 9.17) is 14.2 Å². The van der Waals surface area contributed by atoms with E-state index in [0.29, 0.717) is 19.3 Å². The molecule has 1 unspecified atom stereocenters. The lowest BCUT2D eigenvalue weighted by Crippen LogP contribution is -2.30. The zero-order chi connectivity index (χ0) is 59.9. The normalized spacial score (nSPS) is 12.9. The lowest BCUT2D eigenvalue weighted by Gasteiger charge is -2.18. The number of hydrogen-bond donors (Lipinski definition) is 0. The summed E-state index contributed by atoms with van der Waals surface area (Å²) < 4.78 is 17.0. The number of unbranched alkanes of at least 4 members (excludes halogenated alkanes) is 32. The van der Waals surface area contributed by atoms with Gasteiger partial charge in [-0.2, -0.15) is 0 Å². The first kappa shape index (κ1) is 78.8. The Kier molecular flexibility index (Phi) is 66.7. The van der Waals surface area contributed by atoms with Crippen molar-refractivity contribution >= 4 is 17.9 Å². The molecular weight excluding hydrogens is 1020 g/mol. The molecule has 0 radical (unpaired) electrons. The maximum absolute atomic E-state index is 13.0. The molecule has 0 rings (SSSR count). The molecule has 0 saturated heterocycles. The molecule has 1 atom stereocenters. The third-order valence-corrected chi connectivity index (χ3v) is 14.9. The van der Waals surface area contributed by atoms with Crippen molar-refractivity contribution in [3.63, 3.8) is 0 Å². The fourth-order valence-corrected chi connectivity index (χ4v) is 9.75. The highest BCUT2D eigenvalue weighted by atomic mass is 16.6. The molecule has 0 aromatic rings. The highest BCUT2D eigenvalue weighted by Crippen LogP contribution is 2.16. The monoisotopic (exact) mass is 1150 g/mol. The standard InChI is InChI=1S/C77H130O6/c1-4-7-10-13-16-19-22-25-28-31-34-36-37-38-39-41-43-46-49-52-55-58-61-64-67-70-76(79)82-73-74(72-81-75(78)69-66-63-60-57-54-51-48-45-42-33-30-27-24-21-18-15-12-9-6-3)83-77(80)71-68-65-62-59-56-53-50-47-44-40-35-32-29-26-23-20-17-14-11-8-5-2/h7-8,10-11,16-17,19-20,25-30,34-36,38-40,74H,4-6,9,12-15,18,21-24,31-33,37,41-73H2,1-3H3/b10-7-,11-8-,19-16-,20-17-,28-25-,29-26-,30-27-,36-34-,39-38-,40-35-. The van der Waals surface area contributed by atoms with Crippen molar-refractivity contribution in [3.8, 4) is 0 Å². The molecule has 0 bridgehead atoms. The molecule has 0 amide bonds. The van der Waals surface area contributed by atoms with Crippen LogP contribution >= 0.6 is 0 Å². The summed E-state index contributed by atoms with van der Waals surface area (Å²) >= 11 is 0. The van der Waals surface area contributed by atoms with Crippen molar-refractivity contribution in [2.24, 2.45) is 0 Å². The van der Waals surface area contributed by atoms with Crippen LogP contribution in [0, 0.1) is 0 Å². The average Bonchev–Trinajstić information content (AvgIpc) is 3.50. The number of rotatable bonds is 63. The van der Waals surface area contributed by atoms with Gasteiger partial charge in [-0.1, -0.05) is 303 Å². The first-order valence-electron chi connectivity index (χ1n) is 35.0. The van der Waals surface area contributed by atoms with E-state index in [1.165, 1.54) is 161 Å². The first-order chi connectivity index (χ1) is 41.0. The van der Waals surface area contributed by atoms with Crippen LogP contribution in [0.2, 0.25) is 0 Å². The predicted molar refractivity (Wildman–Crippen MR) is 362 cm³/mol. The molecule has 0 aliphatic heterocycles. The minimum atomic E-state index is -0.791. The number of allylic oxidation sites excluding steroid dienone is 20. The summed E-state index contributed by atoms with van der Waals surface area (Å²) in [6.45, 7) is 6.43. The van der Waals surface area contributed by atoms with Crippen molar-refractivity contribution in [3.05, 3.63) is 122 Å². The zero-order valence-corrected chi connectivity index (χ0v) is 54.4. The summed E-state index contributed by atoms with van der Waals surface area (Å²) in [4.78, 5) is 38.5. The Labute approximate surface area is 513 Å². The Morgan fingerprint density at radius 3 is 0.747 bits per heavy atom. The van der Waals surface area contributed by atoms with E-state index in [2.05, 4.69) is 142 Å². The largest absolute Gasteiger partial charge is 0.462 e. The lowest BCUT2D eigenvalue weighted by atomic mass is 10.1.